The number of carboxylic acid groups (broad SMARTS) is 1. The molecule has 0 aromatic heterocycles. The number of rotatable bonds is 5. The van der Waals surface area contributed by atoms with Gasteiger partial charge in [-0.3, -0.25) is 4.79 Å². The van der Waals surface area contributed by atoms with E-state index in [0.717, 1.165) is 12.8 Å². The van der Waals surface area contributed by atoms with Crippen LogP contribution in [0, 0.1) is 11.3 Å². The van der Waals surface area contributed by atoms with E-state index >= 15 is 0 Å². The van der Waals surface area contributed by atoms with Crippen molar-refractivity contribution in [3.63, 3.8) is 0 Å². The van der Waals surface area contributed by atoms with Gasteiger partial charge in [-0.2, -0.15) is 0 Å². The molecule has 1 saturated heterocycles. The van der Waals surface area contributed by atoms with E-state index in [1.165, 1.54) is 0 Å². The highest BCUT2D eigenvalue weighted by Crippen LogP contribution is 2.34. The Hall–Kier alpha value is -1.30. The molecule has 1 rings (SSSR count). The molecule has 1 aliphatic heterocycles. The van der Waals surface area contributed by atoms with Gasteiger partial charge in [-0.15, -0.1) is 0 Å². The number of carboxylic acids is 1. The standard InChI is InChI=1S/C15H29N3O3/c1-11(17(4)5)9-16-14(21)18-8-6-7-12(10-18)15(2,3)13(19)20/h11-12H,6-10H2,1-5H3,(H,16,21)(H,19,20). The van der Waals surface area contributed by atoms with Gasteiger partial charge in [-0.1, -0.05) is 0 Å². The van der Waals surface area contributed by atoms with Crippen molar-refractivity contribution in [3.05, 3.63) is 0 Å². The summed E-state index contributed by atoms with van der Waals surface area (Å²) in [6.07, 6.45) is 1.72. The number of carbonyl (C=O) groups is 2. The lowest BCUT2D eigenvalue weighted by atomic mass is 9.74. The van der Waals surface area contributed by atoms with Gasteiger partial charge in [0.15, 0.2) is 0 Å². The van der Waals surface area contributed by atoms with Crippen LogP contribution >= 0.6 is 0 Å². The van der Waals surface area contributed by atoms with Crippen LogP contribution in [0.3, 0.4) is 0 Å². The van der Waals surface area contributed by atoms with Crippen molar-refractivity contribution in [3.8, 4) is 0 Å². The van der Waals surface area contributed by atoms with Crippen LogP contribution in [0.4, 0.5) is 4.79 Å². The molecular formula is C15H29N3O3. The summed E-state index contributed by atoms with van der Waals surface area (Å²) in [4.78, 5) is 27.4. The summed E-state index contributed by atoms with van der Waals surface area (Å²) in [5.41, 5.74) is -0.796. The lowest BCUT2D eigenvalue weighted by Crippen LogP contribution is -2.51. The number of likely N-dealkylation sites (N-methyl/N-ethyl adjacent to an activating group) is 1. The number of likely N-dealkylation sites (tertiary alicyclic amines) is 1. The Morgan fingerprint density at radius 1 is 1.43 bits per heavy atom. The third-order valence-electron chi connectivity index (χ3n) is 4.71. The molecule has 2 amide bonds. The molecule has 2 N–H and O–H groups in total. The van der Waals surface area contributed by atoms with Crippen molar-refractivity contribution in [2.75, 3.05) is 33.7 Å². The van der Waals surface area contributed by atoms with Crippen molar-refractivity contribution in [1.82, 2.24) is 15.1 Å². The van der Waals surface area contributed by atoms with Crippen LogP contribution in [0.1, 0.15) is 33.6 Å². The fourth-order valence-corrected chi connectivity index (χ4v) is 2.45. The number of nitrogens with zero attached hydrogens (tertiary/aromatic N) is 2. The van der Waals surface area contributed by atoms with Gasteiger partial charge in [0.1, 0.15) is 0 Å². The second kappa shape index (κ2) is 7.11. The number of piperidine rings is 1. The average molecular weight is 299 g/mol. The second-order valence-corrected chi connectivity index (χ2v) is 6.81. The van der Waals surface area contributed by atoms with Gasteiger partial charge in [-0.25, -0.2) is 4.79 Å². The van der Waals surface area contributed by atoms with Crippen LogP contribution in [-0.2, 0) is 4.79 Å². The summed E-state index contributed by atoms with van der Waals surface area (Å²) < 4.78 is 0. The van der Waals surface area contributed by atoms with E-state index in [-0.39, 0.29) is 18.0 Å². The van der Waals surface area contributed by atoms with E-state index in [1.807, 2.05) is 25.9 Å². The molecule has 21 heavy (non-hydrogen) atoms. The minimum absolute atomic E-state index is 0.000715. The van der Waals surface area contributed by atoms with E-state index in [2.05, 4.69) is 5.32 Å². The number of urea groups is 1. The van der Waals surface area contributed by atoms with Gasteiger partial charge >= 0.3 is 12.0 Å². The molecule has 1 fully saturated rings. The molecule has 122 valence electrons. The molecular weight excluding hydrogens is 270 g/mol. The third kappa shape index (κ3) is 4.59. The quantitative estimate of drug-likeness (QED) is 0.806. The average Bonchev–Trinajstić information content (AvgIpc) is 2.44. The Balaban J connectivity index is 2.56. The number of hydrogen-bond donors (Lipinski definition) is 2. The number of hydrogen-bond acceptors (Lipinski definition) is 3. The highest BCUT2D eigenvalue weighted by molar-refractivity contribution is 5.76. The molecule has 2 atom stereocenters. The fourth-order valence-electron chi connectivity index (χ4n) is 2.45. The molecule has 1 heterocycles. The van der Waals surface area contributed by atoms with Crippen LogP contribution in [0.25, 0.3) is 0 Å². The Morgan fingerprint density at radius 2 is 2.05 bits per heavy atom. The van der Waals surface area contributed by atoms with Crippen LogP contribution in [-0.4, -0.2) is 66.7 Å². The van der Waals surface area contributed by atoms with Crippen molar-refractivity contribution < 1.29 is 14.7 Å². The van der Waals surface area contributed by atoms with Gasteiger partial charge in [0.05, 0.1) is 5.41 Å². The zero-order valence-electron chi connectivity index (χ0n) is 13.8. The molecule has 0 saturated carbocycles. The summed E-state index contributed by atoms with van der Waals surface area (Å²) in [5.74, 6) is -0.795. The molecule has 6 nitrogen and oxygen atoms in total. The first-order valence-corrected chi connectivity index (χ1v) is 7.58. The van der Waals surface area contributed by atoms with Crippen LogP contribution < -0.4 is 5.32 Å². The first kappa shape index (κ1) is 17.8. The Kier molecular flexibility index (Phi) is 6.01. The van der Waals surface area contributed by atoms with Crippen LogP contribution in [0.5, 0.6) is 0 Å². The number of aliphatic carboxylic acids is 1. The van der Waals surface area contributed by atoms with Crippen LogP contribution in [0.15, 0.2) is 0 Å². The van der Waals surface area contributed by atoms with Crippen molar-refractivity contribution in [2.24, 2.45) is 11.3 Å². The maximum atomic E-state index is 12.2. The minimum Gasteiger partial charge on any atom is -0.481 e. The fraction of sp³-hybridized carbons (Fsp3) is 0.867. The van der Waals surface area contributed by atoms with Gasteiger partial charge in [0.2, 0.25) is 0 Å². The minimum atomic E-state index is -0.796. The molecule has 0 aromatic rings. The van der Waals surface area contributed by atoms with Crippen molar-refractivity contribution >= 4 is 12.0 Å². The molecule has 2 unspecified atom stereocenters. The number of nitrogens with one attached hydrogen (secondary N) is 1. The lowest BCUT2D eigenvalue weighted by molar-refractivity contribution is -0.151. The maximum Gasteiger partial charge on any atom is 0.317 e. The van der Waals surface area contributed by atoms with Gasteiger partial charge in [-0.05, 0) is 53.6 Å². The molecule has 1 aliphatic rings. The second-order valence-electron chi connectivity index (χ2n) is 6.81. The normalized spacial score (nSPS) is 21.2. The number of carbonyl (C=O) groups excluding carboxylic acids is 1. The van der Waals surface area contributed by atoms with E-state index in [4.69, 9.17) is 0 Å². The Morgan fingerprint density at radius 3 is 2.57 bits per heavy atom. The Bertz CT molecular complexity index is 382. The highest BCUT2D eigenvalue weighted by Gasteiger charge is 2.39. The number of amides is 2. The Labute approximate surface area is 127 Å². The predicted molar refractivity (Wildman–Crippen MR) is 82.3 cm³/mol. The first-order valence-electron chi connectivity index (χ1n) is 7.58. The molecule has 0 spiro atoms. The summed E-state index contributed by atoms with van der Waals surface area (Å²) >= 11 is 0. The zero-order valence-corrected chi connectivity index (χ0v) is 13.8. The SMILES string of the molecule is CC(CNC(=O)N1CCCC(C(C)(C)C(=O)O)C1)N(C)C. The lowest BCUT2D eigenvalue weighted by Gasteiger charge is -2.39. The maximum absolute atomic E-state index is 12.2. The summed E-state index contributed by atoms with van der Waals surface area (Å²) in [7, 11) is 3.95. The first-order chi connectivity index (χ1) is 9.66. The van der Waals surface area contributed by atoms with E-state index < -0.39 is 11.4 Å². The molecule has 6 heteroatoms. The molecule has 0 aromatic carbocycles. The predicted octanol–water partition coefficient (Wildman–Crippen LogP) is 1.47. The van der Waals surface area contributed by atoms with E-state index in [1.54, 1.807) is 18.7 Å². The molecule has 0 radical (unpaired) electrons. The van der Waals surface area contributed by atoms with Crippen molar-refractivity contribution in [1.29, 1.82) is 0 Å². The molecule has 0 bridgehead atoms. The monoisotopic (exact) mass is 299 g/mol. The van der Waals surface area contributed by atoms with Gasteiger partial charge in [0, 0.05) is 25.7 Å². The summed E-state index contributed by atoms with van der Waals surface area (Å²) in [5, 5.41) is 12.3. The van der Waals surface area contributed by atoms with Crippen LogP contribution in [0.2, 0.25) is 0 Å². The zero-order chi connectivity index (χ0) is 16.2. The van der Waals surface area contributed by atoms with Gasteiger partial charge < -0.3 is 20.2 Å². The van der Waals surface area contributed by atoms with Gasteiger partial charge in [0.25, 0.3) is 0 Å². The topological polar surface area (TPSA) is 72.9 Å². The van der Waals surface area contributed by atoms with Crippen molar-refractivity contribution in [2.45, 2.75) is 39.7 Å². The molecule has 0 aliphatic carbocycles. The highest BCUT2D eigenvalue weighted by atomic mass is 16.4. The van der Waals surface area contributed by atoms with E-state index in [9.17, 15) is 14.7 Å². The van der Waals surface area contributed by atoms with E-state index in [0.29, 0.717) is 19.6 Å². The summed E-state index contributed by atoms with van der Waals surface area (Å²) in [6.45, 7) is 7.35. The third-order valence-corrected chi connectivity index (χ3v) is 4.71. The smallest absolute Gasteiger partial charge is 0.317 e. The largest absolute Gasteiger partial charge is 0.481 e. The summed E-state index contributed by atoms with van der Waals surface area (Å²) in [6, 6.07) is 0.180.